The van der Waals surface area contributed by atoms with Crippen molar-refractivity contribution < 1.29 is 80.2 Å². The maximum Gasteiger partial charge on any atom is 0.472 e. The molecule has 5 atom stereocenters. The lowest BCUT2D eigenvalue weighted by atomic mass is 10.0. The monoisotopic (exact) mass is 1540 g/mol. The van der Waals surface area contributed by atoms with Crippen LogP contribution in [0.25, 0.3) is 0 Å². The van der Waals surface area contributed by atoms with Gasteiger partial charge in [-0.25, -0.2) is 9.13 Å². The van der Waals surface area contributed by atoms with Gasteiger partial charge in [-0.3, -0.25) is 37.3 Å². The average Bonchev–Trinajstić information content (AvgIpc) is 0.914. The number of rotatable bonds is 86. The van der Waals surface area contributed by atoms with Crippen LogP contribution in [0.5, 0.6) is 0 Å². The van der Waals surface area contributed by atoms with E-state index < -0.39 is 97.5 Å². The fourth-order valence-electron chi connectivity index (χ4n) is 13.5. The maximum absolute atomic E-state index is 13.1. The minimum atomic E-state index is -4.97. The number of unbranched alkanes of at least 4 members (excludes halogenated alkanes) is 58. The first-order valence-corrected chi connectivity index (χ1v) is 47.6. The van der Waals surface area contributed by atoms with E-state index in [1.807, 2.05) is 0 Å². The van der Waals surface area contributed by atoms with Crippen molar-refractivity contribution in [2.24, 2.45) is 5.92 Å². The van der Waals surface area contributed by atoms with Crippen LogP contribution in [0, 0.1) is 5.92 Å². The lowest BCUT2D eigenvalue weighted by Crippen LogP contribution is -2.30. The molecule has 2 unspecified atom stereocenters. The number of aliphatic hydroxyl groups excluding tert-OH is 1. The van der Waals surface area contributed by atoms with Crippen molar-refractivity contribution in [3.63, 3.8) is 0 Å². The third kappa shape index (κ3) is 79.9. The number of esters is 4. The van der Waals surface area contributed by atoms with Gasteiger partial charge in [0.1, 0.15) is 19.3 Å². The molecule has 105 heavy (non-hydrogen) atoms. The van der Waals surface area contributed by atoms with E-state index in [0.29, 0.717) is 25.7 Å². The predicted octanol–water partition coefficient (Wildman–Crippen LogP) is 26.4. The Hall–Kier alpha value is -1.94. The number of ether oxygens (including phenoxy) is 4. The van der Waals surface area contributed by atoms with Gasteiger partial charge in [-0.2, -0.15) is 0 Å². The number of carbonyl (C=O) groups excluding carboxylic acids is 4. The van der Waals surface area contributed by atoms with E-state index in [9.17, 15) is 43.2 Å². The molecule has 0 rings (SSSR count). The van der Waals surface area contributed by atoms with E-state index in [-0.39, 0.29) is 25.7 Å². The fourth-order valence-corrected chi connectivity index (χ4v) is 15.1. The van der Waals surface area contributed by atoms with Gasteiger partial charge in [0.05, 0.1) is 26.4 Å². The largest absolute Gasteiger partial charge is 0.472 e. The molecule has 0 fully saturated rings. The summed E-state index contributed by atoms with van der Waals surface area (Å²) in [6.07, 6.45) is 72.2. The summed E-state index contributed by atoms with van der Waals surface area (Å²) in [7, 11) is -9.93. The lowest BCUT2D eigenvalue weighted by Gasteiger charge is -2.21. The van der Waals surface area contributed by atoms with E-state index in [4.69, 9.17) is 37.0 Å². The number of aliphatic hydroxyl groups is 1. The third-order valence-electron chi connectivity index (χ3n) is 20.3. The average molecular weight is 1540 g/mol. The van der Waals surface area contributed by atoms with Crippen LogP contribution in [0.15, 0.2) is 0 Å². The number of hydrogen-bond donors (Lipinski definition) is 3. The second kappa shape index (κ2) is 78.7. The third-order valence-corrected chi connectivity index (χ3v) is 22.2. The Bertz CT molecular complexity index is 2000. The normalized spacial score (nSPS) is 13.8. The van der Waals surface area contributed by atoms with Crippen molar-refractivity contribution in [1.82, 2.24) is 0 Å². The standard InChI is InChI=1S/C86H168O17P2/c1-6-9-12-15-18-21-24-26-28-29-30-31-32-33-34-37-42-47-52-57-62-67-72-86(91)103-82(76-97-84(89)70-65-60-55-50-45-41-38-35-36-39-44-48-53-58-63-68-79(4)5)78-101-105(94,95)99-74-80(87)73-98-104(92,93)100-77-81(75-96-83(88)69-64-59-54-49-43-23-20-17-14-11-8-3)102-85(90)71-66-61-56-51-46-40-27-25-22-19-16-13-10-7-2/h79-82,87H,6-78H2,1-5H3,(H,92,93)(H,94,95)/t80-,81+,82+/m0/s1. The zero-order chi connectivity index (χ0) is 76.9. The topological polar surface area (TPSA) is 237 Å². The quantitative estimate of drug-likeness (QED) is 0.0222. The number of phosphoric acid groups is 2. The van der Waals surface area contributed by atoms with Gasteiger partial charge in [0, 0.05) is 25.7 Å². The summed E-state index contributed by atoms with van der Waals surface area (Å²) in [5, 5.41) is 10.7. The van der Waals surface area contributed by atoms with E-state index in [2.05, 4.69) is 34.6 Å². The van der Waals surface area contributed by atoms with Crippen LogP contribution in [0.1, 0.15) is 465 Å². The van der Waals surface area contributed by atoms with Crippen molar-refractivity contribution in [1.29, 1.82) is 0 Å². The second-order valence-electron chi connectivity index (χ2n) is 31.4. The number of carbonyl (C=O) groups is 4. The summed E-state index contributed by atoms with van der Waals surface area (Å²) in [5.41, 5.74) is 0. The highest BCUT2D eigenvalue weighted by molar-refractivity contribution is 7.47. The first-order valence-electron chi connectivity index (χ1n) is 44.6. The molecule has 0 spiro atoms. The summed E-state index contributed by atoms with van der Waals surface area (Å²) >= 11 is 0. The molecule has 0 aromatic carbocycles. The Balaban J connectivity index is 5.22. The first kappa shape index (κ1) is 103. The zero-order valence-corrected chi connectivity index (χ0v) is 70.7. The molecule has 3 N–H and O–H groups in total. The van der Waals surface area contributed by atoms with Crippen LogP contribution in [-0.4, -0.2) is 96.7 Å². The van der Waals surface area contributed by atoms with Crippen LogP contribution in [-0.2, 0) is 65.4 Å². The lowest BCUT2D eigenvalue weighted by molar-refractivity contribution is -0.161. The van der Waals surface area contributed by atoms with Crippen molar-refractivity contribution in [2.45, 2.75) is 483 Å². The number of phosphoric ester groups is 2. The molecular weight excluding hydrogens is 1370 g/mol. The Morgan fingerprint density at radius 3 is 0.648 bits per heavy atom. The summed E-state index contributed by atoms with van der Waals surface area (Å²) in [5.74, 6) is -1.29. The van der Waals surface area contributed by atoms with Gasteiger partial charge in [0.15, 0.2) is 12.2 Å². The van der Waals surface area contributed by atoms with Gasteiger partial charge in [0.2, 0.25) is 0 Å². The summed E-state index contributed by atoms with van der Waals surface area (Å²) < 4.78 is 68.9. The van der Waals surface area contributed by atoms with Crippen molar-refractivity contribution in [3.8, 4) is 0 Å². The molecule has 0 saturated carbocycles. The van der Waals surface area contributed by atoms with E-state index in [1.54, 1.807) is 0 Å². The fraction of sp³-hybridized carbons (Fsp3) is 0.953. The molecule has 19 heteroatoms. The molecule has 0 aromatic heterocycles. The molecule has 0 aliphatic rings. The van der Waals surface area contributed by atoms with E-state index in [1.165, 1.54) is 289 Å². The van der Waals surface area contributed by atoms with Gasteiger partial charge in [-0.05, 0) is 31.6 Å². The van der Waals surface area contributed by atoms with Crippen LogP contribution >= 0.6 is 15.6 Å². The molecule has 0 saturated heterocycles. The van der Waals surface area contributed by atoms with Gasteiger partial charge in [-0.15, -0.1) is 0 Å². The van der Waals surface area contributed by atoms with Crippen molar-refractivity contribution in [2.75, 3.05) is 39.6 Å². The van der Waals surface area contributed by atoms with Crippen molar-refractivity contribution >= 4 is 39.5 Å². The molecular formula is C86H168O17P2. The summed E-state index contributed by atoms with van der Waals surface area (Å²) in [4.78, 5) is 73.2. The first-order chi connectivity index (χ1) is 51.0. The molecule has 0 aromatic rings. The molecule has 624 valence electrons. The second-order valence-corrected chi connectivity index (χ2v) is 34.3. The highest BCUT2D eigenvalue weighted by Gasteiger charge is 2.30. The molecule has 0 amide bonds. The van der Waals surface area contributed by atoms with Crippen LogP contribution < -0.4 is 0 Å². The maximum atomic E-state index is 13.1. The van der Waals surface area contributed by atoms with Gasteiger partial charge in [-0.1, -0.05) is 413 Å². The highest BCUT2D eigenvalue weighted by atomic mass is 31.2. The summed E-state index contributed by atoms with van der Waals surface area (Å²) in [6.45, 7) is 7.39. The Morgan fingerprint density at radius 2 is 0.438 bits per heavy atom. The molecule has 0 radical (unpaired) electrons. The zero-order valence-electron chi connectivity index (χ0n) is 68.9. The molecule has 0 bridgehead atoms. The minimum absolute atomic E-state index is 0.109. The minimum Gasteiger partial charge on any atom is -0.462 e. The Morgan fingerprint density at radius 1 is 0.257 bits per heavy atom. The predicted molar refractivity (Wildman–Crippen MR) is 432 cm³/mol. The molecule has 0 aliphatic heterocycles. The van der Waals surface area contributed by atoms with Gasteiger partial charge in [0.25, 0.3) is 0 Å². The Labute approximate surface area is 645 Å². The van der Waals surface area contributed by atoms with Gasteiger partial charge >= 0.3 is 39.5 Å². The van der Waals surface area contributed by atoms with Crippen LogP contribution in [0.4, 0.5) is 0 Å². The molecule has 0 heterocycles. The van der Waals surface area contributed by atoms with Crippen LogP contribution in [0.2, 0.25) is 0 Å². The van der Waals surface area contributed by atoms with E-state index >= 15 is 0 Å². The van der Waals surface area contributed by atoms with Crippen LogP contribution in [0.3, 0.4) is 0 Å². The van der Waals surface area contributed by atoms with Crippen molar-refractivity contribution in [3.05, 3.63) is 0 Å². The summed E-state index contributed by atoms with van der Waals surface area (Å²) in [6, 6.07) is 0. The van der Waals surface area contributed by atoms with Gasteiger partial charge < -0.3 is 33.8 Å². The van der Waals surface area contributed by atoms with E-state index in [0.717, 1.165) is 95.8 Å². The molecule has 0 aliphatic carbocycles. The SMILES string of the molecule is CCCCCCCCCCCCCCCCCCCCCCCCC(=O)O[C@H](COC(=O)CCCCCCCCCCCCCCCCCC(C)C)COP(=O)(O)OC[C@@H](O)COP(=O)(O)OC[C@@H](COC(=O)CCCCCCCCCCCCC)OC(=O)CCCCCCCCCCCCCCCC. The number of hydrogen-bond acceptors (Lipinski definition) is 15. The molecule has 17 nitrogen and oxygen atoms in total. The smallest absolute Gasteiger partial charge is 0.462 e. The Kier molecular flexibility index (Phi) is 77.3. The highest BCUT2D eigenvalue weighted by Crippen LogP contribution is 2.45.